The van der Waals surface area contributed by atoms with Crippen LogP contribution in [0.3, 0.4) is 0 Å². The summed E-state index contributed by atoms with van der Waals surface area (Å²) >= 11 is 0. The minimum absolute atomic E-state index is 0.346. The lowest BCUT2D eigenvalue weighted by Gasteiger charge is -2.29. The summed E-state index contributed by atoms with van der Waals surface area (Å²) in [6, 6.07) is 15.4. The van der Waals surface area contributed by atoms with Crippen molar-refractivity contribution in [3.05, 3.63) is 42.5 Å². The highest BCUT2D eigenvalue weighted by molar-refractivity contribution is 5.94. The van der Waals surface area contributed by atoms with E-state index in [2.05, 4.69) is 66.5 Å². The maximum atomic E-state index is 5.34. The second-order valence-corrected chi connectivity index (χ2v) is 5.25. The highest BCUT2D eigenvalue weighted by atomic mass is 16.5. The molecule has 21 heavy (non-hydrogen) atoms. The van der Waals surface area contributed by atoms with Crippen LogP contribution < -0.4 is 10.2 Å². The number of hydrogen-bond donors (Lipinski definition) is 1. The molecule has 1 unspecified atom stereocenters. The number of nitrogens with one attached hydrogen (secondary N) is 1. The smallest absolute Gasteiger partial charge is 0.0633 e. The molecule has 114 valence electrons. The topological polar surface area (TPSA) is 24.5 Å². The van der Waals surface area contributed by atoms with Gasteiger partial charge in [-0.05, 0) is 24.9 Å². The van der Waals surface area contributed by atoms with Crippen LogP contribution in [0.1, 0.15) is 13.8 Å². The summed E-state index contributed by atoms with van der Waals surface area (Å²) in [6.07, 6.45) is 0. The number of rotatable bonds is 8. The van der Waals surface area contributed by atoms with Crippen LogP contribution in [0.25, 0.3) is 10.8 Å². The van der Waals surface area contributed by atoms with Gasteiger partial charge in [0.2, 0.25) is 0 Å². The number of anilines is 1. The van der Waals surface area contributed by atoms with Gasteiger partial charge in [-0.15, -0.1) is 0 Å². The van der Waals surface area contributed by atoms with Gasteiger partial charge in [-0.2, -0.15) is 0 Å². The van der Waals surface area contributed by atoms with E-state index in [9.17, 15) is 0 Å². The Bertz CT molecular complexity index is 544. The molecule has 0 saturated heterocycles. The van der Waals surface area contributed by atoms with Crippen LogP contribution >= 0.6 is 0 Å². The molecule has 0 aliphatic heterocycles. The Morgan fingerprint density at radius 2 is 1.86 bits per heavy atom. The fourth-order valence-corrected chi connectivity index (χ4v) is 2.81. The Balaban J connectivity index is 2.26. The molecule has 0 fully saturated rings. The second-order valence-electron chi connectivity index (χ2n) is 5.25. The van der Waals surface area contributed by atoms with Crippen molar-refractivity contribution in [2.75, 3.05) is 38.3 Å². The molecular weight excluding hydrogens is 260 g/mol. The third kappa shape index (κ3) is 3.96. The van der Waals surface area contributed by atoms with Crippen molar-refractivity contribution in [3.8, 4) is 0 Å². The number of hydrogen-bond acceptors (Lipinski definition) is 3. The number of fused-ring (bicyclic) bond motifs is 1. The zero-order chi connectivity index (χ0) is 15.1. The summed E-state index contributed by atoms with van der Waals surface area (Å²) in [7, 11) is 1.76. The Hall–Kier alpha value is -1.58. The van der Waals surface area contributed by atoms with Crippen molar-refractivity contribution in [2.24, 2.45) is 0 Å². The van der Waals surface area contributed by atoms with E-state index in [0.717, 1.165) is 26.2 Å². The number of methoxy groups -OCH3 is 1. The van der Waals surface area contributed by atoms with E-state index in [1.54, 1.807) is 7.11 Å². The average Bonchev–Trinajstić information content (AvgIpc) is 2.52. The van der Waals surface area contributed by atoms with Crippen LogP contribution in [-0.4, -0.2) is 39.4 Å². The first-order chi connectivity index (χ1) is 10.3. The molecule has 0 heterocycles. The Morgan fingerprint density at radius 1 is 1.10 bits per heavy atom. The van der Waals surface area contributed by atoms with Gasteiger partial charge in [-0.3, -0.25) is 0 Å². The van der Waals surface area contributed by atoms with Crippen molar-refractivity contribution in [1.29, 1.82) is 0 Å². The van der Waals surface area contributed by atoms with Crippen LogP contribution in [0.4, 0.5) is 5.69 Å². The van der Waals surface area contributed by atoms with E-state index in [1.807, 2.05) is 0 Å². The van der Waals surface area contributed by atoms with Gasteiger partial charge >= 0.3 is 0 Å². The Morgan fingerprint density at radius 3 is 2.57 bits per heavy atom. The SMILES string of the molecule is CCNC(COC)CN(CC)c1cccc2ccccc12. The Labute approximate surface area is 127 Å². The molecule has 3 nitrogen and oxygen atoms in total. The van der Waals surface area contributed by atoms with Crippen LogP contribution in [0, 0.1) is 0 Å². The average molecular weight is 286 g/mol. The maximum absolute atomic E-state index is 5.34. The zero-order valence-electron chi connectivity index (χ0n) is 13.3. The molecule has 0 spiro atoms. The fourth-order valence-electron chi connectivity index (χ4n) is 2.81. The molecule has 2 aromatic rings. The van der Waals surface area contributed by atoms with Crippen LogP contribution in [-0.2, 0) is 4.74 Å². The summed E-state index contributed by atoms with van der Waals surface area (Å²) in [5.41, 5.74) is 1.30. The second kappa shape index (κ2) is 8.01. The fraction of sp³-hybridized carbons (Fsp3) is 0.444. The van der Waals surface area contributed by atoms with Crippen molar-refractivity contribution in [3.63, 3.8) is 0 Å². The predicted octanol–water partition coefficient (Wildman–Crippen LogP) is 3.29. The lowest BCUT2D eigenvalue weighted by molar-refractivity contribution is 0.168. The minimum atomic E-state index is 0.346. The van der Waals surface area contributed by atoms with Crippen molar-refractivity contribution >= 4 is 16.5 Å². The van der Waals surface area contributed by atoms with E-state index in [4.69, 9.17) is 4.74 Å². The van der Waals surface area contributed by atoms with Gasteiger partial charge in [0.25, 0.3) is 0 Å². The van der Waals surface area contributed by atoms with E-state index in [1.165, 1.54) is 16.5 Å². The summed E-state index contributed by atoms with van der Waals surface area (Å²) in [4.78, 5) is 2.43. The lowest BCUT2D eigenvalue weighted by atomic mass is 10.1. The van der Waals surface area contributed by atoms with Gasteiger partial charge < -0.3 is 15.0 Å². The number of benzene rings is 2. The third-order valence-electron chi connectivity index (χ3n) is 3.79. The van der Waals surface area contributed by atoms with Crippen LogP contribution in [0.5, 0.6) is 0 Å². The standard InChI is InChI=1S/C18H26N2O/c1-4-19-16(14-21-3)13-20(5-2)18-12-8-10-15-9-6-7-11-17(15)18/h6-12,16,19H,4-5,13-14H2,1-3H3. The molecule has 2 rings (SSSR count). The quantitative estimate of drug-likeness (QED) is 0.806. The van der Waals surface area contributed by atoms with E-state index in [0.29, 0.717) is 6.04 Å². The molecule has 1 N–H and O–H groups in total. The van der Waals surface area contributed by atoms with Gasteiger partial charge in [-0.1, -0.05) is 43.3 Å². The molecule has 0 aliphatic carbocycles. The van der Waals surface area contributed by atoms with Crippen molar-refractivity contribution in [2.45, 2.75) is 19.9 Å². The first kappa shape index (κ1) is 15.8. The number of nitrogens with zero attached hydrogens (tertiary/aromatic N) is 1. The molecule has 0 saturated carbocycles. The largest absolute Gasteiger partial charge is 0.383 e. The third-order valence-corrected chi connectivity index (χ3v) is 3.79. The first-order valence-electron chi connectivity index (χ1n) is 7.75. The molecule has 0 bridgehead atoms. The maximum Gasteiger partial charge on any atom is 0.0633 e. The van der Waals surface area contributed by atoms with Crippen LogP contribution in [0.2, 0.25) is 0 Å². The van der Waals surface area contributed by atoms with Gasteiger partial charge in [0.05, 0.1) is 6.61 Å². The van der Waals surface area contributed by atoms with Gasteiger partial charge in [0, 0.05) is 37.3 Å². The first-order valence-corrected chi connectivity index (χ1v) is 7.75. The van der Waals surface area contributed by atoms with E-state index >= 15 is 0 Å². The van der Waals surface area contributed by atoms with Gasteiger partial charge in [0.1, 0.15) is 0 Å². The number of likely N-dealkylation sites (N-methyl/N-ethyl adjacent to an activating group) is 2. The molecule has 0 aromatic heterocycles. The zero-order valence-corrected chi connectivity index (χ0v) is 13.3. The van der Waals surface area contributed by atoms with Gasteiger partial charge in [-0.25, -0.2) is 0 Å². The summed E-state index contributed by atoms with van der Waals surface area (Å²) in [6.45, 7) is 7.97. The molecule has 1 atom stereocenters. The van der Waals surface area contributed by atoms with Gasteiger partial charge in [0.15, 0.2) is 0 Å². The van der Waals surface area contributed by atoms with Crippen LogP contribution in [0.15, 0.2) is 42.5 Å². The van der Waals surface area contributed by atoms with Crippen molar-refractivity contribution < 1.29 is 4.74 Å². The summed E-state index contributed by atoms with van der Waals surface area (Å²) in [5.74, 6) is 0. The normalized spacial score (nSPS) is 12.5. The highest BCUT2D eigenvalue weighted by Gasteiger charge is 2.14. The van der Waals surface area contributed by atoms with E-state index < -0.39 is 0 Å². The minimum Gasteiger partial charge on any atom is -0.383 e. The summed E-state index contributed by atoms with van der Waals surface area (Å²) < 4.78 is 5.34. The summed E-state index contributed by atoms with van der Waals surface area (Å²) in [5, 5.41) is 6.11. The molecule has 0 radical (unpaired) electrons. The molecule has 2 aromatic carbocycles. The Kier molecular flexibility index (Phi) is 6.03. The molecule has 0 aliphatic rings. The predicted molar refractivity (Wildman–Crippen MR) is 91.2 cm³/mol. The number of ether oxygens (including phenoxy) is 1. The highest BCUT2D eigenvalue weighted by Crippen LogP contribution is 2.26. The van der Waals surface area contributed by atoms with E-state index in [-0.39, 0.29) is 0 Å². The molecular formula is C18H26N2O. The lowest BCUT2D eigenvalue weighted by Crippen LogP contribution is -2.44. The molecule has 3 heteroatoms. The molecule has 0 amide bonds. The monoisotopic (exact) mass is 286 g/mol. The van der Waals surface area contributed by atoms with Crippen molar-refractivity contribution in [1.82, 2.24) is 5.32 Å².